The number of nitrogens with one attached hydrogen (secondary N) is 1. The summed E-state index contributed by atoms with van der Waals surface area (Å²) in [4.78, 5) is 16.5. The molecule has 2 aromatic heterocycles. The number of sulfonamides is 1. The third kappa shape index (κ3) is 3.74. The molecule has 0 unspecified atom stereocenters. The van der Waals surface area contributed by atoms with Crippen molar-refractivity contribution in [1.29, 1.82) is 0 Å². The molecule has 0 radical (unpaired) electrons. The predicted octanol–water partition coefficient (Wildman–Crippen LogP) is 1.92. The Bertz CT molecular complexity index is 924. The summed E-state index contributed by atoms with van der Waals surface area (Å²) in [7, 11) is -3.56. The minimum atomic E-state index is -3.56. The number of aromatic nitrogens is 2. The van der Waals surface area contributed by atoms with Gasteiger partial charge in [-0.05, 0) is 44.7 Å². The van der Waals surface area contributed by atoms with Crippen molar-refractivity contribution >= 4 is 15.9 Å². The molecule has 2 aromatic rings. The number of amides is 1. The summed E-state index contributed by atoms with van der Waals surface area (Å²) in [6, 6.07) is 4.38. The van der Waals surface area contributed by atoms with E-state index in [1.54, 1.807) is 6.07 Å². The lowest BCUT2D eigenvalue weighted by molar-refractivity contribution is 0.0905. The normalized spacial score (nSPS) is 23.9. The van der Waals surface area contributed by atoms with Gasteiger partial charge in [0.1, 0.15) is 5.76 Å². The van der Waals surface area contributed by atoms with E-state index in [1.165, 1.54) is 28.8 Å². The van der Waals surface area contributed by atoms with Crippen molar-refractivity contribution in [2.75, 3.05) is 6.54 Å². The van der Waals surface area contributed by atoms with Gasteiger partial charge in [-0.3, -0.25) is 9.78 Å². The molecule has 0 aromatic carbocycles. The number of carbonyl (C=O) groups excluding carboxylic acids is 1. The Labute approximate surface area is 158 Å². The zero-order chi connectivity index (χ0) is 19.0. The quantitative estimate of drug-likeness (QED) is 0.836. The summed E-state index contributed by atoms with van der Waals surface area (Å²) in [5, 5.41) is 6.81. The van der Waals surface area contributed by atoms with Gasteiger partial charge >= 0.3 is 0 Å². The van der Waals surface area contributed by atoms with Gasteiger partial charge in [-0.2, -0.15) is 4.31 Å². The van der Waals surface area contributed by atoms with Gasteiger partial charge in [0, 0.05) is 43.0 Å². The van der Waals surface area contributed by atoms with E-state index in [9.17, 15) is 13.2 Å². The van der Waals surface area contributed by atoms with Crippen LogP contribution in [0.3, 0.4) is 0 Å². The van der Waals surface area contributed by atoms with E-state index in [0.717, 1.165) is 18.6 Å². The number of carbonyl (C=O) groups is 1. The molecule has 0 bridgehead atoms. The number of pyridine rings is 1. The van der Waals surface area contributed by atoms with E-state index in [4.69, 9.17) is 4.52 Å². The highest BCUT2D eigenvalue weighted by atomic mass is 32.2. The molecule has 1 saturated heterocycles. The summed E-state index contributed by atoms with van der Waals surface area (Å²) in [6.07, 6.45) is 6.20. The van der Waals surface area contributed by atoms with E-state index in [2.05, 4.69) is 15.5 Å². The Kier molecular flexibility index (Phi) is 4.73. The van der Waals surface area contributed by atoms with E-state index >= 15 is 0 Å². The van der Waals surface area contributed by atoms with Gasteiger partial charge in [0.05, 0.1) is 4.90 Å². The molecule has 1 N–H and O–H groups in total. The van der Waals surface area contributed by atoms with Crippen molar-refractivity contribution in [2.45, 2.75) is 55.5 Å². The van der Waals surface area contributed by atoms with Gasteiger partial charge in [-0.15, -0.1) is 0 Å². The minimum absolute atomic E-state index is 0.0996. The van der Waals surface area contributed by atoms with Gasteiger partial charge in [-0.25, -0.2) is 8.42 Å². The van der Waals surface area contributed by atoms with Gasteiger partial charge in [-0.1, -0.05) is 5.16 Å². The van der Waals surface area contributed by atoms with Gasteiger partial charge in [0.25, 0.3) is 5.91 Å². The van der Waals surface area contributed by atoms with E-state index in [-0.39, 0.29) is 28.6 Å². The summed E-state index contributed by atoms with van der Waals surface area (Å²) >= 11 is 0. The predicted molar refractivity (Wildman–Crippen MR) is 96.6 cm³/mol. The smallest absolute Gasteiger partial charge is 0.273 e. The molecule has 4 rings (SSSR count). The van der Waals surface area contributed by atoms with Crippen LogP contribution in [0.4, 0.5) is 0 Å². The van der Waals surface area contributed by atoms with E-state index in [0.29, 0.717) is 25.3 Å². The Morgan fingerprint density at radius 3 is 2.67 bits per heavy atom. The first kappa shape index (κ1) is 18.1. The lowest BCUT2D eigenvalue weighted by Crippen LogP contribution is -2.50. The van der Waals surface area contributed by atoms with Gasteiger partial charge in [0.15, 0.2) is 5.69 Å². The standard InChI is InChI=1S/C18H22N4O4S/c1-12-10-14(20-18(23)16-11-17(26-21-16)13-2-3-13)6-9-22(12)27(24,25)15-4-7-19-8-5-15/h4-5,7-8,11-14H,2-3,6,9-10H2,1H3,(H,20,23)/t12-,14-/m0/s1. The first-order valence-corrected chi connectivity index (χ1v) is 10.6. The number of hydrogen-bond acceptors (Lipinski definition) is 6. The first-order chi connectivity index (χ1) is 12.9. The maximum atomic E-state index is 12.8. The van der Waals surface area contributed by atoms with Crippen molar-refractivity contribution in [3.8, 4) is 0 Å². The molecular formula is C18H22N4O4S. The average Bonchev–Trinajstić information content (AvgIpc) is 3.39. The maximum absolute atomic E-state index is 12.8. The van der Waals surface area contributed by atoms with Crippen LogP contribution in [0.5, 0.6) is 0 Å². The monoisotopic (exact) mass is 390 g/mol. The second kappa shape index (κ2) is 7.05. The molecular weight excluding hydrogens is 368 g/mol. The largest absolute Gasteiger partial charge is 0.360 e. The molecule has 2 atom stereocenters. The van der Waals surface area contributed by atoms with Gasteiger partial charge < -0.3 is 9.84 Å². The Hall–Kier alpha value is -2.26. The molecule has 8 nitrogen and oxygen atoms in total. The maximum Gasteiger partial charge on any atom is 0.273 e. The zero-order valence-electron chi connectivity index (χ0n) is 15.0. The highest BCUT2D eigenvalue weighted by Gasteiger charge is 2.35. The van der Waals surface area contributed by atoms with Crippen molar-refractivity contribution < 1.29 is 17.7 Å². The molecule has 0 spiro atoms. The lowest BCUT2D eigenvalue weighted by Gasteiger charge is -2.36. The third-order valence-corrected chi connectivity index (χ3v) is 7.18. The summed E-state index contributed by atoms with van der Waals surface area (Å²) < 4.78 is 32.3. The fourth-order valence-corrected chi connectivity index (χ4v) is 5.14. The zero-order valence-corrected chi connectivity index (χ0v) is 15.9. The molecule has 1 aliphatic heterocycles. The molecule has 144 valence electrons. The lowest BCUT2D eigenvalue weighted by atomic mass is 10.0. The van der Waals surface area contributed by atoms with Crippen LogP contribution in [-0.2, 0) is 10.0 Å². The molecule has 9 heteroatoms. The second-order valence-electron chi connectivity index (χ2n) is 7.23. The van der Waals surface area contributed by atoms with Gasteiger partial charge in [0.2, 0.25) is 10.0 Å². The number of nitrogens with zero attached hydrogens (tertiary/aromatic N) is 3. The van der Waals surface area contributed by atoms with Crippen molar-refractivity contribution in [2.24, 2.45) is 0 Å². The summed E-state index contributed by atoms with van der Waals surface area (Å²) in [6.45, 7) is 2.21. The highest BCUT2D eigenvalue weighted by Crippen LogP contribution is 2.40. The molecule has 1 saturated carbocycles. The van der Waals surface area contributed by atoms with Crippen molar-refractivity contribution in [3.63, 3.8) is 0 Å². The Balaban J connectivity index is 1.38. The van der Waals surface area contributed by atoms with Crippen LogP contribution in [0.15, 0.2) is 40.0 Å². The average molecular weight is 390 g/mol. The Morgan fingerprint density at radius 1 is 1.26 bits per heavy atom. The van der Waals surface area contributed by atoms with Crippen LogP contribution < -0.4 is 5.32 Å². The number of hydrogen-bond donors (Lipinski definition) is 1. The van der Waals surface area contributed by atoms with Crippen LogP contribution in [0.1, 0.15) is 54.8 Å². The molecule has 1 aliphatic carbocycles. The minimum Gasteiger partial charge on any atom is -0.360 e. The summed E-state index contributed by atoms with van der Waals surface area (Å²) in [5.41, 5.74) is 0.288. The van der Waals surface area contributed by atoms with E-state index in [1.807, 2.05) is 6.92 Å². The third-order valence-electron chi connectivity index (χ3n) is 5.15. The molecule has 27 heavy (non-hydrogen) atoms. The Morgan fingerprint density at radius 2 is 2.00 bits per heavy atom. The molecule has 3 heterocycles. The fraction of sp³-hybridized carbons (Fsp3) is 0.500. The van der Waals surface area contributed by atoms with Crippen LogP contribution in [0.25, 0.3) is 0 Å². The SMILES string of the molecule is C[C@H]1C[C@@H](NC(=O)c2cc(C3CC3)on2)CCN1S(=O)(=O)c1ccncc1. The van der Waals surface area contributed by atoms with Crippen LogP contribution >= 0.6 is 0 Å². The number of piperidine rings is 1. The van der Waals surface area contributed by atoms with Crippen LogP contribution in [0, 0.1) is 0 Å². The molecule has 1 amide bonds. The molecule has 2 aliphatic rings. The molecule has 2 fully saturated rings. The van der Waals surface area contributed by atoms with E-state index < -0.39 is 10.0 Å². The highest BCUT2D eigenvalue weighted by molar-refractivity contribution is 7.89. The van der Waals surface area contributed by atoms with Crippen LogP contribution in [0.2, 0.25) is 0 Å². The summed E-state index contributed by atoms with van der Waals surface area (Å²) in [5.74, 6) is 0.903. The van der Waals surface area contributed by atoms with Crippen LogP contribution in [-0.4, -0.2) is 47.4 Å². The fourth-order valence-electron chi connectivity index (χ4n) is 3.50. The first-order valence-electron chi connectivity index (χ1n) is 9.14. The van der Waals surface area contributed by atoms with Crippen molar-refractivity contribution in [3.05, 3.63) is 42.0 Å². The number of rotatable bonds is 5. The second-order valence-corrected chi connectivity index (χ2v) is 9.12. The topological polar surface area (TPSA) is 105 Å². The van der Waals surface area contributed by atoms with Crippen molar-refractivity contribution in [1.82, 2.24) is 19.8 Å².